The summed E-state index contributed by atoms with van der Waals surface area (Å²) in [4.78, 5) is 41.8. The highest BCUT2D eigenvalue weighted by molar-refractivity contribution is 6.11. The minimum Gasteiger partial charge on any atom is -0.319 e. The number of amides is 4. The van der Waals surface area contributed by atoms with Gasteiger partial charge in [-0.15, -0.1) is 0 Å². The lowest BCUT2D eigenvalue weighted by atomic mass is 9.92. The number of benzene rings is 2. The molecule has 0 bridgehead atoms. The molecule has 6 heteroatoms. The fraction of sp³-hybridized carbons (Fsp3) is 0.318. The maximum Gasteiger partial charge on any atom is 0.325 e. The quantitative estimate of drug-likeness (QED) is 0.820. The van der Waals surface area contributed by atoms with E-state index < -0.39 is 11.6 Å². The van der Waals surface area contributed by atoms with Crippen molar-refractivity contribution >= 4 is 23.5 Å². The Morgan fingerprint density at radius 2 is 1.82 bits per heavy atom. The lowest BCUT2D eigenvalue weighted by Gasteiger charge is -2.25. The van der Waals surface area contributed by atoms with Gasteiger partial charge < -0.3 is 10.2 Å². The molecule has 2 aliphatic heterocycles. The average molecular weight is 375 g/mol. The number of hydrogen-bond donors (Lipinski definition) is 1. The van der Waals surface area contributed by atoms with Crippen LogP contribution in [0.5, 0.6) is 0 Å². The van der Waals surface area contributed by atoms with Gasteiger partial charge in [-0.2, -0.15) is 0 Å². The second-order valence-electron chi connectivity index (χ2n) is 7.83. The number of anilines is 1. The minimum atomic E-state index is -1.03. The Balaban J connectivity index is 1.42. The first-order valence-corrected chi connectivity index (χ1v) is 9.64. The summed E-state index contributed by atoms with van der Waals surface area (Å²) in [6.07, 6.45) is 2.05. The molecule has 3 aliphatic rings. The Morgan fingerprint density at radius 1 is 1.11 bits per heavy atom. The van der Waals surface area contributed by atoms with E-state index in [1.54, 1.807) is 4.90 Å². The molecule has 2 atom stereocenters. The van der Waals surface area contributed by atoms with Crippen LogP contribution in [0.4, 0.5) is 10.5 Å². The lowest BCUT2D eigenvalue weighted by molar-refractivity contribution is -0.134. The molecule has 1 fully saturated rings. The monoisotopic (exact) mass is 375 g/mol. The van der Waals surface area contributed by atoms with Crippen LogP contribution in [0, 0.1) is 0 Å². The molecule has 142 valence electrons. The Labute approximate surface area is 163 Å². The number of urea groups is 1. The van der Waals surface area contributed by atoms with Gasteiger partial charge in [-0.1, -0.05) is 42.5 Å². The number of nitrogens with one attached hydrogen (secondary N) is 1. The molecular formula is C22H21N3O3. The summed E-state index contributed by atoms with van der Waals surface area (Å²) in [5.41, 5.74) is 2.88. The summed E-state index contributed by atoms with van der Waals surface area (Å²) in [6, 6.07) is 15.0. The zero-order valence-corrected chi connectivity index (χ0v) is 15.6. The molecule has 1 aliphatic carbocycles. The van der Waals surface area contributed by atoms with Gasteiger partial charge in [0.05, 0.1) is 0 Å². The SMILES string of the molecule is C[C@@H]1Cc2ccccc2N1C(=O)CN1C(=O)N[C@@]2(CCc3ccccc32)C1=O. The topological polar surface area (TPSA) is 69.7 Å². The number of nitrogens with zero attached hydrogens (tertiary/aromatic N) is 2. The number of carbonyl (C=O) groups excluding carboxylic acids is 3. The highest BCUT2D eigenvalue weighted by Gasteiger charge is 2.55. The predicted molar refractivity (Wildman–Crippen MR) is 104 cm³/mol. The van der Waals surface area contributed by atoms with Crippen molar-refractivity contribution in [3.63, 3.8) is 0 Å². The number of imide groups is 1. The van der Waals surface area contributed by atoms with E-state index in [0.29, 0.717) is 6.42 Å². The van der Waals surface area contributed by atoms with Gasteiger partial charge in [-0.05, 0) is 48.9 Å². The Morgan fingerprint density at radius 3 is 2.64 bits per heavy atom. The molecule has 4 amide bonds. The molecule has 0 radical (unpaired) electrons. The van der Waals surface area contributed by atoms with Crippen molar-refractivity contribution in [1.29, 1.82) is 0 Å². The molecular weight excluding hydrogens is 354 g/mol. The van der Waals surface area contributed by atoms with E-state index in [0.717, 1.165) is 40.1 Å². The van der Waals surface area contributed by atoms with Crippen molar-refractivity contribution in [2.24, 2.45) is 0 Å². The van der Waals surface area contributed by atoms with Crippen molar-refractivity contribution in [1.82, 2.24) is 10.2 Å². The molecule has 28 heavy (non-hydrogen) atoms. The Bertz CT molecular complexity index is 1020. The first kappa shape index (κ1) is 17.0. The number of carbonyl (C=O) groups is 3. The van der Waals surface area contributed by atoms with Crippen molar-refractivity contribution in [3.05, 3.63) is 65.2 Å². The lowest BCUT2D eigenvalue weighted by Crippen LogP contribution is -2.46. The van der Waals surface area contributed by atoms with Crippen LogP contribution in [0.25, 0.3) is 0 Å². The molecule has 2 heterocycles. The smallest absolute Gasteiger partial charge is 0.319 e. The molecule has 5 rings (SSSR count). The van der Waals surface area contributed by atoms with Crippen LogP contribution >= 0.6 is 0 Å². The van der Waals surface area contributed by atoms with Gasteiger partial charge in [0.1, 0.15) is 12.1 Å². The van der Waals surface area contributed by atoms with Crippen LogP contribution in [0.3, 0.4) is 0 Å². The van der Waals surface area contributed by atoms with Crippen molar-refractivity contribution in [2.45, 2.75) is 37.8 Å². The van der Waals surface area contributed by atoms with E-state index in [4.69, 9.17) is 0 Å². The molecule has 0 saturated carbocycles. The van der Waals surface area contributed by atoms with Gasteiger partial charge in [0.25, 0.3) is 5.91 Å². The fourth-order valence-electron chi connectivity index (χ4n) is 4.89. The van der Waals surface area contributed by atoms with E-state index in [1.807, 2.05) is 55.5 Å². The zero-order valence-electron chi connectivity index (χ0n) is 15.6. The molecule has 2 aromatic carbocycles. The van der Waals surface area contributed by atoms with Gasteiger partial charge in [0, 0.05) is 11.7 Å². The third kappa shape index (κ3) is 2.24. The number of hydrogen-bond acceptors (Lipinski definition) is 3. The standard InChI is InChI=1S/C22H21N3O3/c1-14-12-16-7-3-5-9-18(16)25(14)19(26)13-24-20(27)22(23-21(24)28)11-10-15-6-2-4-8-17(15)22/h2-9,14H,10-13H2,1H3,(H,23,28)/t14-,22-/m1/s1. The zero-order chi connectivity index (χ0) is 19.5. The summed E-state index contributed by atoms with van der Waals surface area (Å²) in [5.74, 6) is -0.555. The van der Waals surface area contributed by atoms with Crippen LogP contribution in [0.1, 0.15) is 30.0 Å². The van der Waals surface area contributed by atoms with Gasteiger partial charge in [-0.25, -0.2) is 4.79 Å². The largest absolute Gasteiger partial charge is 0.325 e. The van der Waals surface area contributed by atoms with Crippen LogP contribution in [0.2, 0.25) is 0 Å². The molecule has 1 N–H and O–H groups in total. The van der Waals surface area contributed by atoms with Crippen LogP contribution < -0.4 is 10.2 Å². The van der Waals surface area contributed by atoms with Gasteiger partial charge in [0.15, 0.2) is 0 Å². The third-order valence-electron chi connectivity index (χ3n) is 6.19. The first-order valence-electron chi connectivity index (χ1n) is 9.64. The normalized spacial score (nSPS) is 25.2. The molecule has 0 unspecified atom stereocenters. The van der Waals surface area contributed by atoms with Crippen LogP contribution in [-0.4, -0.2) is 35.3 Å². The second kappa shape index (κ2) is 5.92. The molecule has 0 aromatic heterocycles. The molecule has 1 saturated heterocycles. The highest BCUT2D eigenvalue weighted by Crippen LogP contribution is 2.41. The summed E-state index contributed by atoms with van der Waals surface area (Å²) in [5, 5.41) is 2.88. The third-order valence-corrected chi connectivity index (χ3v) is 6.19. The molecule has 1 spiro atoms. The van der Waals surface area contributed by atoms with Gasteiger partial charge in [0.2, 0.25) is 5.91 Å². The number of rotatable bonds is 2. The first-order chi connectivity index (χ1) is 13.5. The van der Waals surface area contributed by atoms with Gasteiger partial charge in [-0.3, -0.25) is 14.5 Å². The Hall–Kier alpha value is -3.15. The average Bonchev–Trinajstić information content (AvgIpc) is 3.30. The number of fused-ring (bicyclic) bond motifs is 3. The van der Waals surface area contributed by atoms with E-state index in [9.17, 15) is 14.4 Å². The van der Waals surface area contributed by atoms with Crippen LogP contribution in [-0.2, 0) is 28.0 Å². The number of para-hydroxylation sites is 1. The molecule has 6 nitrogen and oxygen atoms in total. The van der Waals surface area contributed by atoms with Crippen molar-refractivity contribution < 1.29 is 14.4 Å². The molecule has 2 aromatic rings. The highest BCUT2D eigenvalue weighted by atomic mass is 16.2. The fourth-order valence-corrected chi connectivity index (χ4v) is 4.89. The summed E-state index contributed by atoms with van der Waals surface area (Å²) in [7, 11) is 0. The Kier molecular flexibility index (Phi) is 3.59. The van der Waals surface area contributed by atoms with Crippen LogP contribution in [0.15, 0.2) is 48.5 Å². The van der Waals surface area contributed by atoms with Crippen molar-refractivity contribution in [2.75, 3.05) is 11.4 Å². The minimum absolute atomic E-state index is 0.00633. The maximum atomic E-state index is 13.3. The van der Waals surface area contributed by atoms with E-state index in [-0.39, 0.29) is 24.4 Å². The maximum absolute atomic E-state index is 13.3. The second-order valence-corrected chi connectivity index (χ2v) is 7.83. The van der Waals surface area contributed by atoms with Crippen molar-refractivity contribution in [3.8, 4) is 0 Å². The van der Waals surface area contributed by atoms with E-state index >= 15 is 0 Å². The number of aryl methyl sites for hydroxylation is 1. The van der Waals surface area contributed by atoms with Gasteiger partial charge >= 0.3 is 6.03 Å². The van der Waals surface area contributed by atoms with E-state index in [2.05, 4.69) is 5.32 Å². The summed E-state index contributed by atoms with van der Waals surface area (Å²) < 4.78 is 0. The van der Waals surface area contributed by atoms with E-state index in [1.165, 1.54) is 0 Å². The predicted octanol–water partition coefficient (Wildman–Crippen LogP) is 2.36. The summed E-state index contributed by atoms with van der Waals surface area (Å²) in [6.45, 7) is 1.74. The summed E-state index contributed by atoms with van der Waals surface area (Å²) >= 11 is 0.